The first-order valence-corrected chi connectivity index (χ1v) is 20.8. The molecule has 1 spiro atoms. The molecule has 0 bridgehead atoms. The van der Waals surface area contributed by atoms with Gasteiger partial charge in [0.15, 0.2) is 0 Å². The molecule has 0 unspecified atom stereocenters. The van der Waals surface area contributed by atoms with Crippen molar-refractivity contribution in [1.29, 1.82) is 0 Å². The fraction of sp³-hybridized carbons (Fsp3) is 0.0175. The zero-order valence-electron chi connectivity index (χ0n) is 33.0. The minimum atomic E-state index is -0.559. The van der Waals surface area contributed by atoms with Crippen molar-refractivity contribution >= 4 is 32.7 Å². The standard InChI is InChI=1S/C57H35N3O/c1-3-15-37(16-4-1)54-44-33-34-48-55(61-52-26-14-11-23-47(52)57(48)45-21-9-7-19-41(45)42-20-8-10-22-46(42)57)53(44)43-32-31-39(35-50(43)58-54)36-27-29-38(30-28-36)56-59-49-24-12-13-25-51(49)60(56)40-17-5-2-6-18-40/h1-35H. The topological polar surface area (TPSA) is 39.9 Å². The van der Waals surface area contributed by atoms with Crippen LogP contribution in [0, 0.1) is 0 Å². The lowest BCUT2D eigenvalue weighted by Crippen LogP contribution is -2.32. The maximum atomic E-state index is 7.20. The van der Waals surface area contributed by atoms with Crippen molar-refractivity contribution in [1.82, 2.24) is 14.5 Å². The first-order valence-electron chi connectivity index (χ1n) is 20.8. The van der Waals surface area contributed by atoms with Gasteiger partial charge in [-0.3, -0.25) is 4.57 Å². The molecule has 4 nitrogen and oxygen atoms in total. The molecule has 2 aliphatic rings. The summed E-state index contributed by atoms with van der Waals surface area (Å²) in [6.07, 6.45) is 0. The van der Waals surface area contributed by atoms with Crippen LogP contribution in [0.4, 0.5) is 0 Å². The maximum absolute atomic E-state index is 7.20. The highest BCUT2D eigenvalue weighted by atomic mass is 16.5. The van der Waals surface area contributed by atoms with Gasteiger partial charge in [0.05, 0.1) is 27.7 Å². The summed E-state index contributed by atoms with van der Waals surface area (Å²) in [5.41, 5.74) is 16.1. The molecule has 1 aliphatic carbocycles. The third kappa shape index (κ3) is 4.82. The van der Waals surface area contributed by atoms with E-state index >= 15 is 0 Å². The quantitative estimate of drug-likeness (QED) is 0.167. The number of hydrogen-bond acceptors (Lipinski definition) is 3. The molecule has 0 saturated carbocycles. The lowest BCUT2D eigenvalue weighted by atomic mass is 9.65. The van der Waals surface area contributed by atoms with Crippen LogP contribution in [0.15, 0.2) is 212 Å². The summed E-state index contributed by atoms with van der Waals surface area (Å²) in [5.74, 6) is 2.66. The van der Waals surface area contributed by atoms with Gasteiger partial charge >= 0.3 is 0 Å². The first kappa shape index (κ1) is 33.8. The highest BCUT2D eigenvalue weighted by Crippen LogP contribution is 2.63. The summed E-state index contributed by atoms with van der Waals surface area (Å²) in [6.45, 7) is 0. The molecule has 0 N–H and O–H groups in total. The molecule has 9 aromatic carbocycles. The summed E-state index contributed by atoms with van der Waals surface area (Å²) >= 11 is 0. The average molecular weight is 778 g/mol. The molecular formula is C57H35N3O. The van der Waals surface area contributed by atoms with E-state index in [4.69, 9.17) is 14.7 Å². The van der Waals surface area contributed by atoms with E-state index in [2.05, 4.69) is 205 Å². The molecule has 11 aromatic rings. The number of para-hydroxylation sites is 4. The molecule has 1 aliphatic heterocycles. The van der Waals surface area contributed by atoms with Gasteiger partial charge in [0.1, 0.15) is 17.3 Å². The summed E-state index contributed by atoms with van der Waals surface area (Å²) in [7, 11) is 0. The molecule has 2 aromatic heterocycles. The summed E-state index contributed by atoms with van der Waals surface area (Å²) in [6, 6.07) is 75.8. The molecule has 0 radical (unpaired) electrons. The molecule has 0 atom stereocenters. The van der Waals surface area contributed by atoms with Crippen LogP contribution in [-0.2, 0) is 5.41 Å². The Morgan fingerprint density at radius 1 is 0.410 bits per heavy atom. The summed E-state index contributed by atoms with van der Waals surface area (Å²) < 4.78 is 9.45. The van der Waals surface area contributed by atoms with Crippen molar-refractivity contribution in [2.24, 2.45) is 0 Å². The van der Waals surface area contributed by atoms with Gasteiger partial charge in [-0.25, -0.2) is 9.97 Å². The second-order valence-electron chi connectivity index (χ2n) is 16.0. The number of nitrogens with zero attached hydrogens (tertiary/aromatic N) is 3. The normalized spacial score (nSPS) is 13.2. The highest BCUT2D eigenvalue weighted by molar-refractivity contribution is 6.15. The minimum absolute atomic E-state index is 0.559. The number of hydrogen-bond donors (Lipinski definition) is 0. The zero-order chi connectivity index (χ0) is 40.1. The van der Waals surface area contributed by atoms with Crippen molar-refractivity contribution in [3.8, 4) is 62.1 Å². The van der Waals surface area contributed by atoms with Crippen LogP contribution in [0.5, 0.6) is 11.5 Å². The van der Waals surface area contributed by atoms with E-state index in [-0.39, 0.29) is 0 Å². The fourth-order valence-electron chi connectivity index (χ4n) is 10.3. The van der Waals surface area contributed by atoms with Crippen molar-refractivity contribution in [2.75, 3.05) is 0 Å². The number of pyridine rings is 1. The van der Waals surface area contributed by atoms with E-state index in [9.17, 15) is 0 Å². The second-order valence-corrected chi connectivity index (χ2v) is 16.0. The summed E-state index contributed by atoms with van der Waals surface area (Å²) in [4.78, 5) is 10.6. The van der Waals surface area contributed by atoms with Crippen LogP contribution in [0.25, 0.3) is 83.3 Å². The monoisotopic (exact) mass is 777 g/mol. The number of benzene rings is 9. The zero-order valence-corrected chi connectivity index (χ0v) is 33.0. The smallest absolute Gasteiger partial charge is 0.145 e. The van der Waals surface area contributed by atoms with Gasteiger partial charge in [-0.2, -0.15) is 0 Å². The van der Waals surface area contributed by atoms with Gasteiger partial charge in [-0.05, 0) is 69.8 Å². The molecule has 284 valence electrons. The highest BCUT2D eigenvalue weighted by Gasteiger charge is 2.51. The Morgan fingerprint density at radius 2 is 1.02 bits per heavy atom. The number of fused-ring (bicyclic) bond motifs is 14. The number of rotatable bonds is 4. The van der Waals surface area contributed by atoms with Crippen LogP contribution in [-0.4, -0.2) is 14.5 Å². The van der Waals surface area contributed by atoms with Crippen LogP contribution in [0.3, 0.4) is 0 Å². The van der Waals surface area contributed by atoms with E-state index in [1.807, 2.05) is 12.1 Å². The number of imidazole rings is 1. The van der Waals surface area contributed by atoms with Crippen molar-refractivity contribution in [2.45, 2.75) is 5.41 Å². The Hall–Kier alpha value is -8.08. The van der Waals surface area contributed by atoms with E-state index < -0.39 is 5.41 Å². The minimum Gasteiger partial charge on any atom is -0.456 e. The molecule has 13 rings (SSSR count). The average Bonchev–Trinajstić information content (AvgIpc) is 3.86. The van der Waals surface area contributed by atoms with E-state index in [1.54, 1.807) is 0 Å². The lowest BCUT2D eigenvalue weighted by Gasteiger charge is -2.40. The Morgan fingerprint density at radius 3 is 1.79 bits per heavy atom. The Bertz CT molecular complexity index is 3510. The molecule has 0 saturated heterocycles. The third-order valence-electron chi connectivity index (χ3n) is 12.9. The van der Waals surface area contributed by atoms with Gasteiger partial charge in [0.25, 0.3) is 0 Å². The van der Waals surface area contributed by atoms with Crippen molar-refractivity contribution in [3.05, 3.63) is 235 Å². The Labute approximate surface area is 352 Å². The number of ether oxygens (including phenoxy) is 1. The second kappa shape index (κ2) is 13.0. The largest absolute Gasteiger partial charge is 0.456 e. The van der Waals surface area contributed by atoms with E-state index in [0.29, 0.717) is 0 Å². The number of aromatic nitrogens is 3. The van der Waals surface area contributed by atoms with Gasteiger partial charge in [0.2, 0.25) is 0 Å². The van der Waals surface area contributed by atoms with E-state index in [1.165, 1.54) is 22.3 Å². The van der Waals surface area contributed by atoms with Crippen molar-refractivity contribution in [3.63, 3.8) is 0 Å². The van der Waals surface area contributed by atoms with E-state index in [0.717, 1.165) is 94.8 Å². The third-order valence-corrected chi connectivity index (χ3v) is 12.9. The summed E-state index contributed by atoms with van der Waals surface area (Å²) in [5, 5.41) is 3.18. The molecule has 61 heavy (non-hydrogen) atoms. The maximum Gasteiger partial charge on any atom is 0.145 e. The van der Waals surface area contributed by atoms with Crippen LogP contribution < -0.4 is 4.74 Å². The van der Waals surface area contributed by atoms with Crippen molar-refractivity contribution < 1.29 is 4.74 Å². The fourth-order valence-corrected chi connectivity index (χ4v) is 10.3. The van der Waals surface area contributed by atoms with Crippen LogP contribution >= 0.6 is 0 Å². The molecule has 3 heterocycles. The first-order chi connectivity index (χ1) is 30.3. The van der Waals surface area contributed by atoms with Gasteiger partial charge < -0.3 is 4.74 Å². The predicted molar refractivity (Wildman–Crippen MR) is 248 cm³/mol. The predicted octanol–water partition coefficient (Wildman–Crippen LogP) is 14.2. The SMILES string of the molecule is c1ccc(-c2nc3cc(-c4ccc(-c5nc6ccccc6n5-c5ccccc5)cc4)ccc3c3c4c(ccc23)C2(c3ccccc3O4)c3ccccc3-c3ccccc32)cc1. The molecule has 0 amide bonds. The van der Waals surface area contributed by atoms with Gasteiger partial charge in [-0.1, -0.05) is 176 Å². The molecule has 4 heteroatoms. The molecular weight excluding hydrogens is 743 g/mol. The molecule has 0 fully saturated rings. The Balaban J connectivity index is 1.03. The Kier molecular flexibility index (Phi) is 7.19. The van der Waals surface area contributed by atoms with Crippen LogP contribution in [0.2, 0.25) is 0 Å². The van der Waals surface area contributed by atoms with Gasteiger partial charge in [0, 0.05) is 44.1 Å². The lowest BCUT2D eigenvalue weighted by molar-refractivity contribution is 0.442. The van der Waals surface area contributed by atoms with Gasteiger partial charge in [-0.15, -0.1) is 0 Å². The van der Waals surface area contributed by atoms with Crippen LogP contribution in [0.1, 0.15) is 22.3 Å².